The number of carbonyl (C=O) groups excluding carboxylic acids is 1. The number of carbonyl (C=O) groups is 1. The molecule has 18 heavy (non-hydrogen) atoms. The van der Waals surface area contributed by atoms with E-state index >= 15 is 0 Å². The van der Waals surface area contributed by atoms with E-state index in [1.807, 2.05) is 19.1 Å². The summed E-state index contributed by atoms with van der Waals surface area (Å²) in [5.74, 6) is 1.03. The number of nitrogens with one attached hydrogen (secondary N) is 1. The number of benzene rings is 1. The monoisotopic (exact) mass is 242 g/mol. The fourth-order valence-electron chi connectivity index (χ4n) is 1.56. The molecule has 0 aliphatic rings. The Kier molecular flexibility index (Phi) is 3.57. The van der Waals surface area contributed by atoms with Crippen molar-refractivity contribution < 1.29 is 9.53 Å². The minimum Gasteiger partial charge on any atom is -0.497 e. The predicted molar refractivity (Wildman–Crippen MR) is 69.9 cm³/mol. The number of methoxy groups -OCH3 is 1. The summed E-state index contributed by atoms with van der Waals surface area (Å²) in [6.07, 6.45) is 1.65. The molecule has 92 valence electrons. The van der Waals surface area contributed by atoms with Crippen molar-refractivity contribution in [3.63, 3.8) is 0 Å². The maximum absolute atomic E-state index is 12.0. The summed E-state index contributed by atoms with van der Waals surface area (Å²) in [6.45, 7) is 1.90. The van der Waals surface area contributed by atoms with Crippen LogP contribution in [0.3, 0.4) is 0 Å². The third kappa shape index (κ3) is 2.66. The van der Waals surface area contributed by atoms with Gasteiger partial charge in [-0.05, 0) is 36.8 Å². The lowest BCUT2D eigenvalue weighted by Crippen LogP contribution is -2.13. The molecule has 0 aliphatic heterocycles. The van der Waals surface area contributed by atoms with Gasteiger partial charge in [-0.1, -0.05) is 12.1 Å². The van der Waals surface area contributed by atoms with E-state index in [0.717, 1.165) is 5.56 Å². The van der Waals surface area contributed by atoms with Crippen molar-refractivity contribution in [2.75, 3.05) is 12.4 Å². The second kappa shape index (κ2) is 5.31. The van der Waals surface area contributed by atoms with Gasteiger partial charge in [-0.3, -0.25) is 4.79 Å². The number of nitrogens with zero attached hydrogens (tertiary/aromatic N) is 1. The summed E-state index contributed by atoms with van der Waals surface area (Å²) in [5.41, 5.74) is 1.47. The highest BCUT2D eigenvalue weighted by molar-refractivity contribution is 6.04. The number of aryl methyl sites for hydroxylation is 1. The van der Waals surface area contributed by atoms with Crippen LogP contribution in [0, 0.1) is 6.92 Å². The van der Waals surface area contributed by atoms with Crippen LogP contribution in [0.25, 0.3) is 0 Å². The van der Waals surface area contributed by atoms with Crippen LogP contribution in [-0.2, 0) is 0 Å². The molecule has 1 aromatic carbocycles. The molecule has 1 N–H and O–H groups in total. The highest BCUT2D eigenvalue weighted by Crippen LogP contribution is 2.15. The Morgan fingerprint density at radius 1 is 1.28 bits per heavy atom. The zero-order valence-corrected chi connectivity index (χ0v) is 10.3. The van der Waals surface area contributed by atoms with Crippen LogP contribution < -0.4 is 10.1 Å². The van der Waals surface area contributed by atoms with Gasteiger partial charge in [0.15, 0.2) is 0 Å². The third-order valence-electron chi connectivity index (χ3n) is 2.57. The molecule has 0 atom stereocenters. The van der Waals surface area contributed by atoms with Gasteiger partial charge < -0.3 is 10.1 Å². The van der Waals surface area contributed by atoms with Gasteiger partial charge in [0.2, 0.25) is 0 Å². The van der Waals surface area contributed by atoms with Crippen molar-refractivity contribution in [3.05, 3.63) is 53.7 Å². The summed E-state index contributed by atoms with van der Waals surface area (Å²) in [4.78, 5) is 16.2. The molecule has 0 saturated carbocycles. The number of anilines is 1. The lowest BCUT2D eigenvalue weighted by molar-refractivity contribution is 0.102. The molecule has 4 nitrogen and oxygen atoms in total. The average Bonchev–Trinajstić information content (AvgIpc) is 2.41. The van der Waals surface area contributed by atoms with Crippen LogP contribution in [0.5, 0.6) is 5.75 Å². The molecule has 4 heteroatoms. The van der Waals surface area contributed by atoms with Crippen molar-refractivity contribution in [1.29, 1.82) is 0 Å². The van der Waals surface area contributed by atoms with Gasteiger partial charge in [0, 0.05) is 11.8 Å². The van der Waals surface area contributed by atoms with E-state index < -0.39 is 0 Å². The van der Waals surface area contributed by atoms with E-state index in [0.29, 0.717) is 17.1 Å². The van der Waals surface area contributed by atoms with Crippen molar-refractivity contribution in [2.24, 2.45) is 0 Å². The molecule has 0 radical (unpaired) electrons. The first-order valence-electron chi connectivity index (χ1n) is 5.58. The molecule has 0 aliphatic carbocycles. The maximum Gasteiger partial charge on any atom is 0.256 e. The Bertz CT molecular complexity index is 567. The standard InChI is InChI=1S/C14H14N2O2/c1-10-5-4-8-15-13(10)16-14(17)11-6-3-7-12(9-11)18-2/h3-9H,1-2H3,(H,15,16,17). The van der Waals surface area contributed by atoms with Gasteiger partial charge in [-0.2, -0.15) is 0 Å². The Balaban J connectivity index is 2.19. The molecule has 0 spiro atoms. The van der Waals surface area contributed by atoms with E-state index in [9.17, 15) is 4.79 Å². The van der Waals surface area contributed by atoms with Gasteiger partial charge in [0.05, 0.1) is 7.11 Å². The highest BCUT2D eigenvalue weighted by atomic mass is 16.5. The van der Waals surface area contributed by atoms with Gasteiger partial charge >= 0.3 is 0 Å². The second-order valence-electron chi connectivity index (χ2n) is 3.85. The van der Waals surface area contributed by atoms with Crippen molar-refractivity contribution >= 4 is 11.7 Å². The van der Waals surface area contributed by atoms with Crippen LogP contribution in [0.2, 0.25) is 0 Å². The molecule has 2 aromatic rings. The van der Waals surface area contributed by atoms with Crippen LogP contribution in [0.1, 0.15) is 15.9 Å². The van der Waals surface area contributed by atoms with E-state index in [1.54, 1.807) is 37.6 Å². The minimum atomic E-state index is -0.198. The van der Waals surface area contributed by atoms with Gasteiger partial charge in [-0.15, -0.1) is 0 Å². The van der Waals surface area contributed by atoms with Crippen LogP contribution in [-0.4, -0.2) is 18.0 Å². The topological polar surface area (TPSA) is 51.2 Å². The quantitative estimate of drug-likeness (QED) is 0.900. The van der Waals surface area contributed by atoms with Crippen LogP contribution >= 0.6 is 0 Å². The lowest BCUT2D eigenvalue weighted by Gasteiger charge is -2.07. The maximum atomic E-state index is 12.0. The Hall–Kier alpha value is -2.36. The summed E-state index contributed by atoms with van der Waals surface area (Å²) >= 11 is 0. The number of hydrogen-bond acceptors (Lipinski definition) is 3. The average molecular weight is 242 g/mol. The number of rotatable bonds is 3. The Labute approximate surface area is 106 Å². The number of hydrogen-bond donors (Lipinski definition) is 1. The van der Waals surface area contributed by atoms with Crippen LogP contribution in [0.4, 0.5) is 5.82 Å². The molecule has 0 fully saturated rings. The van der Waals surface area contributed by atoms with Crippen LogP contribution in [0.15, 0.2) is 42.6 Å². The molecule has 2 rings (SSSR count). The summed E-state index contributed by atoms with van der Waals surface area (Å²) in [7, 11) is 1.57. The Morgan fingerprint density at radius 3 is 2.83 bits per heavy atom. The fraction of sp³-hybridized carbons (Fsp3) is 0.143. The fourth-order valence-corrected chi connectivity index (χ4v) is 1.56. The smallest absolute Gasteiger partial charge is 0.256 e. The van der Waals surface area contributed by atoms with E-state index in [2.05, 4.69) is 10.3 Å². The first-order chi connectivity index (χ1) is 8.70. The Morgan fingerprint density at radius 2 is 2.11 bits per heavy atom. The summed E-state index contributed by atoms with van der Waals surface area (Å²) < 4.78 is 5.08. The highest BCUT2D eigenvalue weighted by Gasteiger charge is 2.08. The van der Waals surface area contributed by atoms with E-state index in [-0.39, 0.29) is 5.91 Å². The third-order valence-corrected chi connectivity index (χ3v) is 2.57. The molecule has 1 heterocycles. The summed E-state index contributed by atoms with van der Waals surface area (Å²) in [5, 5.41) is 2.77. The number of aromatic nitrogens is 1. The van der Waals surface area contributed by atoms with Gasteiger partial charge in [0.1, 0.15) is 11.6 Å². The lowest BCUT2D eigenvalue weighted by atomic mass is 10.2. The van der Waals surface area contributed by atoms with Crippen molar-refractivity contribution in [1.82, 2.24) is 4.98 Å². The van der Waals surface area contributed by atoms with E-state index in [1.165, 1.54) is 0 Å². The van der Waals surface area contributed by atoms with E-state index in [4.69, 9.17) is 4.74 Å². The zero-order chi connectivity index (χ0) is 13.0. The zero-order valence-electron chi connectivity index (χ0n) is 10.3. The van der Waals surface area contributed by atoms with Crippen molar-refractivity contribution in [2.45, 2.75) is 6.92 Å². The summed E-state index contributed by atoms with van der Waals surface area (Å²) in [6, 6.07) is 10.7. The van der Waals surface area contributed by atoms with Crippen molar-refractivity contribution in [3.8, 4) is 5.75 Å². The first-order valence-corrected chi connectivity index (χ1v) is 5.58. The van der Waals surface area contributed by atoms with Gasteiger partial charge in [-0.25, -0.2) is 4.98 Å². The molecule has 0 unspecified atom stereocenters. The SMILES string of the molecule is COc1cccc(C(=O)Nc2ncccc2C)c1. The first kappa shape index (κ1) is 12.1. The largest absolute Gasteiger partial charge is 0.497 e. The molecular weight excluding hydrogens is 228 g/mol. The molecule has 1 aromatic heterocycles. The number of amides is 1. The van der Waals surface area contributed by atoms with Gasteiger partial charge in [0.25, 0.3) is 5.91 Å². The normalized spacial score (nSPS) is 9.89. The minimum absolute atomic E-state index is 0.198. The number of ether oxygens (including phenoxy) is 1. The predicted octanol–water partition coefficient (Wildman–Crippen LogP) is 2.65. The molecule has 1 amide bonds. The molecule has 0 bridgehead atoms. The molecule has 0 saturated heterocycles. The second-order valence-corrected chi connectivity index (χ2v) is 3.85. The molecular formula is C14H14N2O2. The number of pyridine rings is 1.